The van der Waals surface area contributed by atoms with Crippen LogP contribution in [0.2, 0.25) is 0 Å². The van der Waals surface area contributed by atoms with Crippen molar-refractivity contribution in [1.82, 2.24) is 19.7 Å². The molecule has 2 heterocycles. The largest absolute Gasteiger partial charge is 0.483 e. The van der Waals surface area contributed by atoms with Crippen molar-refractivity contribution in [3.8, 4) is 11.4 Å². The summed E-state index contributed by atoms with van der Waals surface area (Å²) in [7, 11) is 0. The van der Waals surface area contributed by atoms with Gasteiger partial charge in [0.2, 0.25) is 5.91 Å². The van der Waals surface area contributed by atoms with Crippen molar-refractivity contribution in [3.63, 3.8) is 0 Å². The number of thioether (sulfide) groups is 1. The molecule has 1 aliphatic rings. The van der Waals surface area contributed by atoms with Crippen molar-refractivity contribution in [1.29, 1.82) is 0 Å². The molecule has 6 nitrogen and oxygen atoms in total. The van der Waals surface area contributed by atoms with Crippen molar-refractivity contribution < 1.29 is 13.9 Å². The minimum absolute atomic E-state index is 0.0534. The molecule has 2 aromatic carbocycles. The van der Waals surface area contributed by atoms with Crippen LogP contribution in [-0.2, 0) is 11.4 Å². The number of halogens is 1. The van der Waals surface area contributed by atoms with Gasteiger partial charge >= 0.3 is 0 Å². The van der Waals surface area contributed by atoms with Crippen LogP contribution in [0.15, 0.2) is 59.8 Å². The second-order valence-corrected chi connectivity index (χ2v) is 9.10. The third-order valence-corrected chi connectivity index (χ3v) is 6.49. The Morgan fingerprint density at radius 3 is 2.44 bits per heavy atom. The lowest BCUT2D eigenvalue weighted by Crippen LogP contribution is -2.37. The number of benzene rings is 2. The van der Waals surface area contributed by atoms with Gasteiger partial charge in [0.25, 0.3) is 0 Å². The molecular weight excluding hydrogens is 427 g/mol. The lowest BCUT2D eigenvalue weighted by Gasteiger charge is -2.23. The summed E-state index contributed by atoms with van der Waals surface area (Å²) in [5.41, 5.74) is 0.863. The zero-order chi connectivity index (χ0) is 22.3. The summed E-state index contributed by atoms with van der Waals surface area (Å²) < 4.78 is 21.5. The van der Waals surface area contributed by atoms with Gasteiger partial charge in [-0.15, -0.1) is 10.2 Å². The number of carbonyl (C=O) groups excluding carboxylic acids is 1. The molecule has 1 amide bonds. The fourth-order valence-corrected chi connectivity index (χ4v) is 4.74. The van der Waals surface area contributed by atoms with Crippen molar-refractivity contribution in [2.45, 2.75) is 49.6 Å². The van der Waals surface area contributed by atoms with Gasteiger partial charge in [0.1, 0.15) is 6.61 Å². The predicted octanol–water partition coefficient (Wildman–Crippen LogP) is 4.87. The van der Waals surface area contributed by atoms with E-state index >= 15 is 0 Å². The summed E-state index contributed by atoms with van der Waals surface area (Å²) in [4.78, 5) is 15.0. The van der Waals surface area contributed by atoms with Gasteiger partial charge < -0.3 is 9.64 Å². The molecule has 0 saturated carbocycles. The van der Waals surface area contributed by atoms with E-state index in [9.17, 15) is 9.18 Å². The number of nitrogens with zero attached hydrogens (tertiary/aromatic N) is 4. The van der Waals surface area contributed by atoms with Crippen LogP contribution in [-0.4, -0.2) is 43.9 Å². The molecule has 1 aliphatic heterocycles. The first-order valence-corrected chi connectivity index (χ1v) is 11.8. The molecule has 3 aromatic rings. The van der Waals surface area contributed by atoms with Crippen LogP contribution in [0.3, 0.4) is 0 Å². The number of hydrogen-bond donors (Lipinski definition) is 0. The Morgan fingerprint density at radius 2 is 1.72 bits per heavy atom. The van der Waals surface area contributed by atoms with E-state index < -0.39 is 5.82 Å². The fourth-order valence-electron chi connectivity index (χ4n) is 3.77. The maximum atomic E-state index is 14.0. The molecule has 4 rings (SSSR count). The normalized spacial score (nSPS) is 15.2. The first-order valence-electron chi connectivity index (χ1n) is 11.0. The van der Waals surface area contributed by atoms with Crippen molar-refractivity contribution in [2.24, 2.45) is 0 Å². The molecule has 1 unspecified atom stereocenters. The summed E-state index contributed by atoms with van der Waals surface area (Å²) in [6.07, 6.45) is 4.47. The van der Waals surface area contributed by atoms with Crippen LogP contribution in [0.4, 0.5) is 4.39 Å². The second kappa shape index (κ2) is 10.6. The van der Waals surface area contributed by atoms with Crippen molar-refractivity contribution in [2.75, 3.05) is 13.1 Å². The summed E-state index contributed by atoms with van der Waals surface area (Å²) in [5.74, 6) is 0.401. The summed E-state index contributed by atoms with van der Waals surface area (Å²) in [6.45, 7) is 3.60. The molecule has 1 fully saturated rings. The van der Waals surface area contributed by atoms with E-state index in [1.165, 1.54) is 30.7 Å². The van der Waals surface area contributed by atoms with E-state index in [0.29, 0.717) is 11.0 Å². The number of ether oxygens (including phenoxy) is 1. The van der Waals surface area contributed by atoms with E-state index in [1.54, 1.807) is 18.2 Å². The molecule has 1 saturated heterocycles. The molecule has 0 radical (unpaired) electrons. The lowest BCUT2D eigenvalue weighted by molar-refractivity contribution is -0.130. The van der Waals surface area contributed by atoms with E-state index in [4.69, 9.17) is 4.74 Å². The third kappa shape index (κ3) is 5.30. The maximum Gasteiger partial charge on any atom is 0.235 e. The molecule has 1 aromatic heterocycles. The average Bonchev–Trinajstić information content (AvgIpc) is 3.02. The molecule has 168 valence electrons. The first-order chi connectivity index (χ1) is 15.6. The Hall–Kier alpha value is -2.87. The van der Waals surface area contributed by atoms with Crippen LogP contribution in [0, 0.1) is 5.82 Å². The van der Waals surface area contributed by atoms with Crippen LogP contribution in [0.5, 0.6) is 5.75 Å². The highest BCUT2D eigenvalue weighted by molar-refractivity contribution is 8.00. The molecule has 0 aliphatic carbocycles. The Bertz CT molecular complexity index is 1040. The van der Waals surface area contributed by atoms with E-state index in [2.05, 4.69) is 10.2 Å². The Balaban J connectivity index is 1.55. The molecule has 8 heteroatoms. The zero-order valence-electron chi connectivity index (χ0n) is 18.1. The number of likely N-dealkylation sites (tertiary alicyclic amines) is 1. The summed E-state index contributed by atoms with van der Waals surface area (Å²) in [5, 5.41) is 8.96. The van der Waals surface area contributed by atoms with E-state index in [0.717, 1.165) is 31.6 Å². The number of rotatable bonds is 7. The topological polar surface area (TPSA) is 60.3 Å². The van der Waals surface area contributed by atoms with Gasteiger partial charge in [-0.05, 0) is 44.0 Å². The Labute approximate surface area is 191 Å². The van der Waals surface area contributed by atoms with Gasteiger partial charge in [-0.3, -0.25) is 9.36 Å². The van der Waals surface area contributed by atoms with Gasteiger partial charge in [-0.25, -0.2) is 4.39 Å². The van der Waals surface area contributed by atoms with Gasteiger partial charge in [0.05, 0.1) is 5.25 Å². The number of amides is 1. The number of hydrogen-bond acceptors (Lipinski definition) is 5. The minimum atomic E-state index is -0.426. The second-order valence-electron chi connectivity index (χ2n) is 7.79. The Kier molecular flexibility index (Phi) is 7.42. The first kappa shape index (κ1) is 22.3. The standard InChI is InChI=1S/C24H27FN4O2S/c1-18(23(30)28-15-9-2-3-10-16-28)32-24-27-26-22(29(24)19-11-5-4-6-12-19)17-31-21-14-8-7-13-20(21)25/h4-8,11-14,18H,2-3,9-10,15-17H2,1H3. The van der Waals surface area contributed by atoms with E-state index in [-0.39, 0.29) is 23.5 Å². The van der Waals surface area contributed by atoms with Crippen LogP contribution < -0.4 is 4.74 Å². The summed E-state index contributed by atoms with van der Waals surface area (Å²) in [6, 6.07) is 16.0. The molecule has 0 spiro atoms. The monoisotopic (exact) mass is 454 g/mol. The molecule has 32 heavy (non-hydrogen) atoms. The molecule has 1 atom stereocenters. The number of carbonyl (C=O) groups is 1. The highest BCUT2D eigenvalue weighted by Crippen LogP contribution is 2.28. The van der Waals surface area contributed by atoms with Crippen LogP contribution >= 0.6 is 11.8 Å². The SMILES string of the molecule is CC(Sc1nnc(COc2ccccc2F)n1-c1ccccc1)C(=O)N1CCCCCC1. The predicted molar refractivity (Wildman–Crippen MR) is 122 cm³/mol. The van der Waals surface area contributed by atoms with Gasteiger partial charge in [0.15, 0.2) is 22.5 Å². The summed E-state index contributed by atoms with van der Waals surface area (Å²) >= 11 is 1.39. The van der Waals surface area contributed by atoms with E-state index in [1.807, 2.05) is 46.7 Å². The highest BCUT2D eigenvalue weighted by atomic mass is 32.2. The quantitative estimate of drug-likeness (QED) is 0.477. The zero-order valence-corrected chi connectivity index (χ0v) is 18.9. The lowest BCUT2D eigenvalue weighted by atomic mass is 10.2. The van der Waals surface area contributed by atoms with Gasteiger partial charge in [-0.2, -0.15) is 0 Å². The highest BCUT2D eigenvalue weighted by Gasteiger charge is 2.25. The van der Waals surface area contributed by atoms with Crippen molar-refractivity contribution in [3.05, 3.63) is 66.2 Å². The molecule has 0 N–H and O–H groups in total. The maximum absolute atomic E-state index is 14.0. The smallest absolute Gasteiger partial charge is 0.235 e. The Morgan fingerprint density at radius 1 is 1.03 bits per heavy atom. The van der Waals surface area contributed by atoms with Gasteiger partial charge in [0, 0.05) is 18.8 Å². The molecular formula is C24H27FN4O2S. The average molecular weight is 455 g/mol. The van der Waals surface area contributed by atoms with Crippen molar-refractivity contribution >= 4 is 17.7 Å². The van der Waals surface area contributed by atoms with Gasteiger partial charge in [-0.1, -0.05) is 54.9 Å². The molecule has 0 bridgehead atoms. The number of para-hydroxylation sites is 2. The number of aromatic nitrogens is 3. The van der Waals surface area contributed by atoms with Crippen LogP contribution in [0.25, 0.3) is 5.69 Å². The third-order valence-electron chi connectivity index (χ3n) is 5.46. The fraction of sp³-hybridized carbons (Fsp3) is 0.375. The minimum Gasteiger partial charge on any atom is -0.483 e. The van der Waals surface area contributed by atoms with Crippen LogP contribution in [0.1, 0.15) is 38.4 Å².